The number of rotatable bonds is 0. The maximum Gasteiger partial charge on any atom is 0.145 e. The molecule has 3 nitrogen and oxygen atoms in total. The molecule has 1 aromatic heterocycles. The van der Waals surface area contributed by atoms with Crippen LogP contribution in [0.5, 0.6) is 5.75 Å². The number of benzene rings is 1. The van der Waals surface area contributed by atoms with Gasteiger partial charge in [-0.05, 0) is 63.4 Å². The molecular weight excluding hydrogens is 512 g/mol. The van der Waals surface area contributed by atoms with Gasteiger partial charge in [-0.3, -0.25) is 0 Å². The summed E-state index contributed by atoms with van der Waals surface area (Å²) >= 11 is 8.07. The molecule has 88 valence electrons. The zero-order valence-corrected chi connectivity index (χ0v) is 14.5. The van der Waals surface area contributed by atoms with Gasteiger partial charge in [0.15, 0.2) is 0 Å². The van der Waals surface area contributed by atoms with E-state index in [0.29, 0.717) is 6.61 Å². The predicted molar refractivity (Wildman–Crippen MR) is 86.3 cm³/mol. The van der Waals surface area contributed by atoms with Crippen molar-refractivity contribution in [2.75, 3.05) is 6.61 Å². The summed E-state index contributed by atoms with van der Waals surface area (Å²) in [5, 5.41) is 0. The maximum atomic E-state index is 5.77. The lowest BCUT2D eigenvalue weighted by molar-refractivity contribution is 0.305. The molecule has 1 aromatic carbocycles. The third-order valence-corrected chi connectivity index (χ3v) is 5.99. The Morgan fingerprint density at radius 2 is 2.24 bits per heavy atom. The highest BCUT2D eigenvalue weighted by atomic mass is 127. The minimum atomic E-state index is 0.679. The van der Waals surface area contributed by atoms with Crippen molar-refractivity contribution in [2.45, 2.75) is 6.54 Å². The number of nitrogens with zero attached hydrogens (tertiary/aromatic N) is 2. The van der Waals surface area contributed by atoms with Gasteiger partial charge in [0.1, 0.15) is 25.6 Å². The van der Waals surface area contributed by atoms with Crippen LogP contribution in [0.2, 0.25) is 0 Å². The molecule has 6 heteroatoms. The van der Waals surface area contributed by atoms with Gasteiger partial charge in [-0.1, -0.05) is 15.9 Å². The molecule has 0 N–H and O–H groups in total. The van der Waals surface area contributed by atoms with Gasteiger partial charge < -0.3 is 9.30 Å². The minimum absolute atomic E-state index is 0.679. The largest absolute Gasteiger partial charge is 0.491 e. The van der Waals surface area contributed by atoms with Crippen LogP contribution in [0.4, 0.5) is 0 Å². The first-order valence-corrected chi connectivity index (χ1v) is 7.96. The average Bonchev–Trinajstić information content (AvgIpc) is 2.49. The van der Waals surface area contributed by atoms with Crippen LogP contribution in [0.15, 0.2) is 22.7 Å². The van der Waals surface area contributed by atoms with Crippen molar-refractivity contribution in [1.82, 2.24) is 9.55 Å². The Morgan fingerprint density at radius 3 is 3.06 bits per heavy atom. The van der Waals surface area contributed by atoms with Gasteiger partial charge in [0.05, 0.1) is 12.1 Å². The van der Waals surface area contributed by atoms with E-state index in [4.69, 9.17) is 4.74 Å². The second-order valence-electron chi connectivity index (χ2n) is 3.66. The monoisotopic (exact) mass is 518 g/mol. The third kappa shape index (κ3) is 2.12. The summed E-state index contributed by atoms with van der Waals surface area (Å²) in [5.41, 5.74) is 1.06. The first-order chi connectivity index (χ1) is 8.16. The van der Waals surface area contributed by atoms with Gasteiger partial charge in [-0.15, -0.1) is 0 Å². The lowest BCUT2D eigenvalue weighted by Gasteiger charge is -2.05. The maximum absolute atomic E-state index is 5.77. The Balaban J connectivity index is 2.27. The van der Waals surface area contributed by atoms with Gasteiger partial charge in [0, 0.05) is 4.47 Å². The SMILES string of the molecule is Brc1ccc2c(c1)OCCn1c(I)c(I)n[14c]1-2. The van der Waals surface area contributed by atoms with Crippen LogP contribution in [-0.4, -0.2) is 16.2 Å². The first-order valence-electron chi connectivity index (χ1n) is 5.01. The zero-order chi connectivity index (χ0) is 12.0. The van der Waals surface area contributed by atoms with E-state index in [1.807, 2.05) is 12.1 Å². The highest BCUT2D eigenvalue weighted by Gasteiger charge is 2.21. The lowest BCUT2D eigenvalue weighted by Crippen LogP contribution is -2.07. The molecule has 0 saturated heterocycles. The molecule has 0 atom stereocenters. The van der Waals surface area contributed by atoms with E-state index < -0.39 is 0 Å². The Morgan fingerprint density at radius 1 is 1.41 bits per heavy atom. The van der Waals surface area contributed by atoms with Crippen LogP contribution in [0.1, 0.15) is 0 Å². The van der Waals surface area contributed by atoms with Crippen molar-refractivity contribution in [3.8, 4) is 17.1 Å². The van der Waals surface area contributed by atoms with Crippen molar-refractivity contribution in [3.05, 3.63) is 30.1 Å². The smallest absolute Gasteiger partial charge is 0.145 e. The third-order valence-electron chi connectivity index (χ3n) is 2.62. The Bertz CT molecular complexity index is 597. The molecule has 1 aliphatic rings. The summed E-state index contributed by atoms with van der Waals surface area (Å²) in [5.74, 6) is 1.90. The summed E-state index contributed by atoms with van der Waals surface area (Å²) in [6.07, 6.45) is 0. The normalized spacial score (nSPS) is 13.6. The molecular formula is C11H7BrI2N2O. The van der Waals surface area contributed by atoms with Crippen molar-refractivity contribution >= 4 is 61.1 Å². The molecule has 0 spiro atoms. The highest BCUT2D eigenvalue weighted by Crippen LogP contribution is 2.35. The van der Waals surface area contributed by atoms with E-state index in [1.54, 1.807) is 0 Å². The van der Waals surface area contributed by atoms with E-state index in [2.05, 4.69) is 76.7 Å². The van der Waals surface area contributed by atoms with Crippen molar-refractivity contribution in [1.29, 1.82) is 0 Å². The Kier molecular flexibility index (Phi) is 3.37. The van der Waals surface area contributed by atoms with Gasteiger partial charge in [0.25, 0.3) is 0 Å². The minimum Gasteiger partial charge on any atom is -0.491 e. The number of aromatic nitrogens is 2. The first kappa shape index (κ1) is 12.2. The molecule has 0 fully saturated rings. The molecule has 2 heterocycles. The highest BCUT2D eigenvalue weighted by molar-refractivity contribution is 14.1. The average molecular weight is 519 g/mol. The molecule has 17 heavy (non-hydrogen) atoms. The molecule has 3 rings (SSSR count). The van der Waals surface area contributed by atoms with Crippen LogP contribution in [0.3, 0.4) is 0 Å². The van der Waals surface area contributed by atoms with Crippen molar-refractivity contribution < 1.29 is 4.74 Å². The summed E-state index contributed by atoms with van der Waals surface area (Å²) in [4.78, 5) is 4.63. The van der Waals surface area contributed by atoms with Crippen LogP contribution < -0.4 is 4.74 Å². The summed E-state index contributed by atoms with van der Waals surface area (Å²) in [7, 11) is 0. The standard InChI is InChI=1S/C11H7BrI2N2O/c12-6-1-2-7-8(5-6)17-4-3-16-10(14)9(13)15-11(7)16/h1-2,5H,3-4H2/i11+2. The van der Waals surface area contributed by atoms with E-state index in [1.165, 1.54) is 3.70 Å². The van der Waals surface area contributed by atoms with Crippen LogP contribution >= 0.6 is 61.1 Å². The fraction of sp³-hybridized carbons (Fsp3) is 0.182. The van der Waals surface area contributed by atoms with E-state index >= 15 is 0 Å². The van der Waals surface area contributed by atoms with Crippen LogP contribution in [0, 0.1) is 7.40 Å². The van der Waals surface area contributed by atoms with Crippen molar-refractivity contribution in [2.24, 2.45) is 0 Å². The van der Waals surface area contributed by atoms with Crippen molar-refractivity contribution in [3.63, 3.8) is 0 Å². The molecule has 2 aromatic rings. The van der Waals surface area contributed by atoms with Gasteiger partial charge in [0.2, 0.25) is 0 Å². The summed E-state index contributed by atoms with van der Waals surface area (Å²) in [6.45, 7) is 1.52. The van der Waals surface area contributed by atoms with Gasteiger partial charge in [-0.25, -0.2) is 4.98 Å². The van der Waals surface area contributed by atoms with Gasteiger partial charge >= 0.3 is 0 Å². The fourth-order valence-electron chi connectivity index (χ4n) is 1.86. The number of ether oxygens (including phenoxy) is 1. The predicted octanol–water partition coefficient (Wildman–Crippen LogP) is 3.91. The van der Waals surface area contributed by atoms with E-state index in [9.17, 15) is 0 Å². The van der Waals surface area contributed by atoms with E-state index in [-0.39, 0.29) is 0 Å². The number of hydrogen-bond acceptors (Lipinski definition) is 2. The number of halogens is 3. The molecule has 0 bridgehead atoms. The zero-order valence-electron chi connectivity index (χ0n) is 8.58. The summed E-state index contributed by atoms with van der Waals surface area (Å²) in [6, 6.07) is 6.07. The second kappa shape index (κ2) is 4.69. The lowest BCUT2D eigenvalue weighted by atomic mass is 10.3. The molecule has 1 aliphatic heterocycles. The second-order valence-corrected chi connectivity index (χ2v) is 6.62. The van der Waals surface area contributed by atoms with Gasteiger partial charge in [-0.2, -0.15) is 0 Å². The van der Waals surface area contributed by atoms with E-state index in [0.717, 1.165) is 31.9 Å². The number of imidazole rings is 1. The topological polar surface area (TPSA) is 27.1 Å². The molecule has 0 aliphatic carbocycles. The fourth-order valence-corrected chi connectivity index (χ4v) is 3.31. The molecule has 0 amide bonds. The van der Waals surface area contributed by atoms with Crippen LogP contribution in [-0.2, 0) is 6.54 Å². The summed E-state index contributed by atoms with van der Waals surface area (Å²) < 4.78 is 11.2. The number of fused-ring (bicyclic) bond motifs is 3. The van der Waals surface area contributed by atoms with Crippen LogP contribution in [0.25, 0.3) is 11.4 Å². The Hall–Kier alpha value is 0.170. The Labute approximate surface area is 134 Å². The molecule has 0 saturated carbocycles. The number of hydrogen-bond donors (Lipinski definition) is 0. The molecule has 0 radical (unpaired) electrons. The molecule has 0 unspecified atom stereocenters. The quantitative estimate of drug-likeness (QED) is 0.495.